The van der Waals surface area contributed by atoms with E-state index in [2.05, 4.69) is 21.2 Å². The molecule has 0 unspecified atom stereocenters. The van der Waals surface area contributed by atoms with Crippen LogP contribution in [0.3, 0.4) is 0 Å². The smallest absolute Gasteiger partial charge is 0.329 e. The first-order valence-electron chi connectivity index (χ1n) is 10.8. The number of hydrogen-bond donors (Lipinski definition) is 3. The number of aryl methyl sites for hydroxylation is 1. The van der Waals surface area contributed by atoms with Gasteiger partial charge in [0.25, 0.3) is 5.91 Å². The highest BCUT2D eigenvalue weighted by molar-refractivity contribution is 6.39. The van der Waals surface area contributed by atoms with Crippen LogP contribution in [0.5, 0.6) is 17.2 Å². The second-order valence-corrected chi connectivity index (χ2v) is 7.49. The van der Waals surface area contributed by atoms with E-state index in [1.807, 2.05) is 31.2 Å². The van der Waals surface area contributed by atoms with Crippen molar-refractivity contribution >= 4 is 35.3 Å². The summed E-state index contributed by atoms with van der Waals surface area (Å²) in [6.45, 7) is 1.75. The Morgan fingerprint density at radius 2 is 1.47 bits per heavy atom. The van der Waals surface area contributed by atoms with Crippen LogP contribution in [0.15, 0.2) is 71.8 Å². The molecule has 0 atom stereocenters. The Morgan fingerprint density at radius 1 is 0.806 bits per heavy atom. The Hall–Kier alpha value is -4.86. The topological polar surface area (TPSA) is 127 Å². The predicted molar refractivity (Wildman–Crippen MR) is 136 cm³/mol. The van der Waals surface area contributed by atoms with Crippen molar-refractivity contribution in [3.05, 3.63) is 77.9 Å². The van der Waals surface area contributed by atoms with Crippen LogP contribution in [0, 0.1) is 6.92 Å². The zero-order chi connectivity index (χ0) is 25.9. The molecule has 3 amide bonds. The summed E-state index contributed by atoms with van der Waals surface area (Å²) < 4.78 is 15.9. The number of carbonyl (C=O) groups is 3. The highest BCUT2D eigenvalue weighted by Gasteiger charge is 2.13. The van der Waals surface area contributed by atoms with Crippen LogP contribution in [0.4, 0.5) is 11.4 Å². The molecule has 10 nitrogen and oxygen atoms in total. The van der Waals surface area contributed by atoms with Crippen molar-refractivity contribution < 1.29 is 28.6 Å². The Kier molecular flexibility index (Phi) is 8.99. The van der Waals surface area contributed by atoms with Crippen LogP contribution in [-0.2, 0) is 14.4 Å². The molecular formula is C26H26N4O6. The molecule has 3 N–H and O–H groups in total. The maximum atomic E-state index is 12.2. The molecular weight excluding hydrogens is 464 g/mol. The molecule has 0 bridgehead atoms. The van der Waals surface area contributed by atoms with Gasteiger partial charge in [-0.15, -0.1) is 0 Å². The number of carbonyl (C=O) groups excluding carboxylic acids is 3. The summed E-state index contributed by atoms with van der Waals surface area (Å²) in [4.78, 5) is 36.2. The average molecular weight is 491 g/mol. The van der Waals surface area contributed by atoms with E-state index in [4.69, 9.17) is 14.2 Å². The quantitative estimate of drug-likeness (QED) is 0.240. The molecule has 10 heteroatoms. The van der Waals surface area contributed by atoms with Gasteiger partial charge in [-0.25, -0.2) is 5.43 Å². The van der Waals surface area contributed by atoms with Crippen LogP contribution < -0.4 is 30.3 Å². The predicted octanol–water partition coefficient (Wildman–Crippen LogP) is 3.12. The number of rotatable bonds is 9. The zero-order valence-electron chi connectivity index (χ0n) is 20.0. The molecule has 0 saturated heterocycles. The van der Waals surface area contributed by atoms with Crippen molar-refractivity contribution in [2.24, 2.45) is 5.10 Å². The lowest BCUT2D eigenvalue weighted by molar-refractivity contribution is -0.136. The van der Waals surface area contributed by atoms with Gasteiger partial charge >= 0.3 is 11.8 Å². The van der Waals surface area contributed by atoms with E-state index in [9.17, 15) is 14.4 Å². The molecule has 186 valence electrons. The third-order valence-corrected chi connectivity index (χ3v) is 4.82. The summed E-state index contributed by atoms with van der Waals surface area (Å²) in [7, 11) is 2.99. The SMILES string of the molecule is COc1ccc(NC(=O)C(=O)N/N=C\c2ccc(OCC(=O)Nc3ccc(C)cc3)c(OC)c2)cc1. The molecule has 0 aliphatic rings. The molecule has 3 rings (SSSR count). The number of hydrazone groups is 1. The number of ether oxygens (including phenoxy) is 3. The molecule has 3 aromatic rings. The van der Waals surface area contributed by atoms with Crippen LogP contribution in [0.2, 0.25) is 0 Å². The Labute approximate surface area is 208 Å². The fourth-order valence-electron chi connectivity index (χ4n) is 2.94. The summed E-state index contributed by atoms with van der Waals surface area (Å²) in [5.74, 6) is -0.778. The number of nitrogens with zero attached hydrogens (tertiary/aromatic N) is 1. The molecule has 3 aromatic carbocycles. The molecule has 0 radical (unpaired) electrons. The minimum absolute atomic E-state index is 0.211. The summed E-state index contributed by atoms with van der Waals surface area (Å²) >= 11 is 0. The standard InChI is InChI=1S/C26H26N4O6/c1-17-4-7-19(8-5-17)28-24(31)16-36-22-13-6-18(14-23(22)35-3)15-27-30-26(33)25(32)29-20-9-11-21(34-2)12-10-20/h4-15H,16H2,1-3H3,(H,28,31)(H,29,32)(H,30,33)/b27-15-. The molecule has 0 aliphatic carbocycles. The van der Waals surface area contributed by atoms with Crippen molar-refractivity contribution in [3.8, 4) is 17.2 Å². The van der Waals surface area contributed by atoms with Crippen LogP contribution in [0.25, 0.3) is 0 Å². The van der Waals surface area contributed by atoms with Crippen LogP contribution in [-0.4, -0.2) is 44.8 Å². The lowest BCUT2D eigenvalue weighted by Gasteiger charge is -2.11. The number of methoxy groups -OCH3 is 2. The molecule has 0 saturated carbocycles. The van der Waals surface area contributed by atoms with Gasteiger partial charge in [0.1, 0.15) is 5.75 Å². The maximum absolute atomic E-state index is 12.2. The monoisotopic (exact) mass is 490 g/mol. The molecule has 0 aliphatic heterocycles. The van der Waals surface area contributed by atoms with Gasteiger partial charge in [0, 0.05) is 11.4 Å². The van der Waals surface area contributed by atoms with E-state index in [0.717, 1.165) is 5.56 Å². The minimum Gasteiger partial charge on any atom is -0.497 e. The van der Waals surface area contributed by atoms with Gasteiger partial charge in [0.05, 0.1) is 20.4 Å². The average Bonchev–Trinajstić information content (AvgIpc) is 2.89. The largest absolute Gasteiger partial charge is 0.497 e. The second-order valence-electron chi connectivity index (χ2n) is 7.49. The molecule has 36 heavy (non-hydrogen) atoms. The third-order valence-electron chi connectivity index (χ3n) is 4.82. The van der Waals surface area contributed by atoms with Gasteiger partial charge in [0.15, 0.2) is 18.1 Å². The first-order chi connectivity index (χ1) is 17.4. The van der Waals surface area contributed by atoms with E-state index in [1.165, 1.54) is 20.4 Å². The van der Waals surface area contributed by atoms with Crippen molar-refractivity contribution in [1.29, 1.82) is 0 Å². The second kappa shape index (κ2) is 12.6. The normalized spacial score (nSPS) is 10.4. The van der Waals surface area contributed by atoms with Crippen molar-refractivity contribution in [2.75, 3.05) is 31.5 Å². The van der Waals surface area contributed by atoms with Gasteiger partial charge in [-0.1, -0.05) is 17.7 Å². The summed E-state index contributed by atoms with van der Waals surface area (Å²) in [6, 6.07) is 18.8. The minimum atomic E-state index is -0.937. The van der Waals surface area contributed by atoms with E-state index >= 15 is 0 Å². The van der Waals surface area contributed by atoms with Gasteiger partial charge in [-0.3, -0.25) is 14.4 Å². The first-order valence-corrected chi connectivity index (χ1v) is 10.8. The number of benzene rings is 3. The number of nitrogens with one attached hydrogen (secondary N) is 3. The van der Waals surface area contributed by atoms with Gasteiger partial charge in [-0.05, 0) is 67.1 Å². The summed E-state index contributed by atoms with van der Waals surface area (Å²) in [5.41, 5.74) is 4.93. The van der Waals surface area contributed by atoms with Gasteiger partial charge in [-0.2, -0.15) is 5.10 Å². The third kappa shape index (κ3) is 7.59. The molecule has 0 fully saturated rings. The Morgan fingerprint density at radius 3 is 2.14 bits per heavy atom. The molecule has 0 heterocycles. The highest BCUT2D eigenvalue weighted by atomic mass is 16.5. The van der Waals surface area contributed by atoms with Crippen molar-refractivity contribution in [2.45, 2.75) is 6.92 Å². The lowest BCUT2D eigenvalue weighted by atomic mass is 10.2. The highest BCUT2D eigenvalue weighted by Crippen LogP contribution is 2.27. The number of hydrogen-bond acceptors (Lipinski definition) is 7. The summed E-state index contributed by atoms with van der Waals surface area (Å²) in [6.07, 6.45) is 1.34. The van der Waals surface area contributed by atoms with Crippen molar-refractivity contribution in [1.82, 2.24) is 5.43 Å². The molecule has 0 aromatic heterocycles. The Bertz CT molecular complexity index is 1240. The first kappa shape index (κ1) is 25.8. The Balaban J connectivity index is 1.51. The fraction of sp³-hybridized carbons (Fsp3) is 0.154. The number of anilines is 2. The van der Waals surface area contributed by atoms with E-state index in [1.54, 1.807) is 42.5 Å². The lowest BCUT2D eigenvalue weighted by Crippen LogP contribution is -2.32. The van der Waals surface area contributed by atoms with Gasteiger partial charge in [0.2, 0.25) is 0 Å². The fourth-order valence-corrected chi connectivity index (χ4v) is 2.94. The number of amides is 3. The van der Waals surface area contributed by atoms with Crippen LogP contribution in [0.1, 0.15) is 11.1 Å². The van der Waals surface area contributed by atoms with E-state index < -0.39 is 11.8 Å². The van der Waals surface area contributed by atoms with Crippen molar-refractivity contribution in [3.63, 3.8) is 0 Å². The maximum Gasteiger partial charge on any atom is 0.329 e. The summed E-state index contributed by atoms with van der Waals surface area (Å²) in [5, 5.41) is 9.01. The van der Waals surface area contributed by atoms with E-state index in [0.29, 0.717) is 34.2 Å². The zero-order valence-corrected chi connectivity index (χ0v) is 20.0. The van der Waals surface area contributed by atoms with E-state index in [-0.39, 0.29) is 12.5 Å². The molecule has 0 spiro atoms. The van der Waals surface area contributed by atoms with Crippen LogP contribution >= 0.6 is 0 Å². The van der Waals surface area contributed by atoms with Gasteiger partial charge < -0.3 is 24.8 Å².